The molecule has 1 aromatic heterocycles. The maximum Gasteiger partial charge on any atom is 0.410 e. The van der Waals surface area contributed by atoms with Gasteiger partial charge in [-0.25, -0.2) is 4.79 Å². The van der Waals surface area contributed by atoms with Crippen molar-refractivity contribution in [3.8, 4) is 0 Å². The summed E-state index contributed by atoms with van der Waals surface area (Å²) in [5.41, 5.74) is 0.791. The highest BCUT2D eigenvalue weighted by atomic mass is 79.9. The Morgan fingerprint density at radius 1 is 1.56 bits per heavy atom. The number of cyclic esters (lactones) is 1. The Kier molecular flexibility index (Phi) is 3.14. The summed E-state index contributed by atoms with van der Waals surface area (Å²) in [6.45, 7) is 4.52. The third-order valence-electron chi connectivity index (χ3n) is 2.54. The van der Waals surface area contributed by atoms with E-state index in [2.05, 4.69) is 20.9 Å². The van der Waals surface area contributed by atoms with Crippen LogP contribution in [0.1, 0.15) is 25.6 Å². The van der Waals surface area contributed by atoms with E-state index < -0.39 is 0 Å². The van der Waals surface area contributed by atoms with E-state index in [-0.39, 0.29) is 18.2 Å². The van der Waals surface area contributed by atoms with E-state index in [1.54, 1.807) is 11.1 Å². The van der Waals surface area contributed by atoms with Crippen LogP contribution in [0.4, 0.5) is 4.79 Å². The lowest BCUT2D eigenvalue weighted by atomic mass is 10.2. The van der Waals surface area contributed by atoms with Gasteiger partial charge in [-0.2, -0.15) is 0 Å². The van der Waals surface area contributed by atoms with Crippen LogP contribution in [0.5, 0.6) is 0 Å². The topological polar surface area (TPSA) is 42.4 Å². The van der Waals surface area contributed by atoms with Gasteiger partial charge in [0.05, 0.1) is 12.2 Å². The summed E-state index contributed by atoms with van der Waals surface area (Å²) in [6, 6.07) is 3.92. The first-order valence-electron chi connectivity index (χ1n) is 5.16. The Bertz CT molecular complexity index is 391. The second-order valence-corrected chi connectivity index (χ2v) is 4.94. The minimum atomic E-state index is -0.260. The van der Waals surface area contributed by atoms with Crippen molar-refractivity contribution in [2.45, 2.75) is 26.0 Å². The minimum absolute atomic E-state index is 0.160. The molecule has 2 rings (SSSR count). The number of rotatable bonds is 2. The van der Waals surface area contributed by atoms with Gasteiger partial charge in [-0.15, -0.1) is 0 Å². The highest BCUT2D eigenvalue weighted by Crippen LogP contribution is 2.26. The van der Waals surface area contributed by atoms with Crippen molar-refractivity contribution >= 4 is 22.0 Å². The van der Waals surface area contributed by atoms with Crippen LogP contribution in [0, 0.1) is 0 Å². The number of carbonyl (C=O) groups is 1. The van der Waals surface area contributed by atoms with E-state index in [1.165, 1.54) is 0 Å². The van der Waals surface area contributed by atoms with Crippen LogP contribution in [-0.4, -0.2) is 28.6 Å². The normalized spacial score (nSPS) is 20.4. The van der Waals surface area contributed by atoms with Gasteiger partial charge in [-0.05, 0) is 41.9 Å². The highest BCUT2D eigenvalue weighted by Gasteiger charge is 2.34. The molecule has 4 nitrogen and oxygen atoms in total. The van der Waals surface area contributed by atoms with Crippen molar-refractivity contribution in [3.05, 3.63) is 28.5 Å². The molecule has 1 fully saturated rings. The molecule has 0 aliphatic carbocycles. The monoisotopic (exact) mass is 284 g/mol. The van der Waals surface area contributed by atoms with E-state index in [4.69, 9.17) is 4.74 Å². The quantitative estimate of drug-likeness (QED) is 0.839. The molecule has 1 amide bonds. The molecule has 1 aliphatic rings. The van der Waals surface area contributed by atoms with Crippen LogP contribution in [0.3, 0.4) is 0 Å². The van der Waals surface area contributed by atoms with Gasteiger partial charge in [0.1, 0.15) is 0 Å². The van der Waals surface area contributed by atoms with E-state index in [9.17, 15) is 4.79 Å². The Labute approximate surface area is 103 Å². The maximum atomic E-state index is 11.5. The molecular formula is C11H13BrN2O2. The summed E-state index contributed by atoms with van der Waals surface area (Å²) < 4.78 is 6.19. The molecule has 0 aromatic carbocycles. The molecule has 0 saturated carbocycles. The van der Waals surface area contributed by atoms with Crippen molar-refractivity contribution in [1.82, 2.24) is 9.88 Å². The number of amides is 1. The summed E-state index contributed by atoms with van der Waals surface area (Å²) in [5, 5.41) is 0. The Hall–Kier alpha value is -1.10. The number of carbonyl (C=O) groups excluding carboxylic acids is 1. The van der Waals surface area contributed by atoms with Crippen LogP contribution in [0.15, 0.2) is 22.8 Å². The second kappa shape index (κ2) is 4.41. The maximum absolute atomic E-state index is 11.5. The SMILES string of the molecule is CC(C)N1C[C@@H](c2ccc(Br)cn2)OC1=O. The predicted molar refractivity (Wildman–Crippen MR) is 63.0 cm³/mol. The zero-order valence-electron chi connectivity index (χ0n) is 9.18. The van der Waals surface area contributed by atoms with Crippen LogP contribution < -0.4 is 0 Å². The van der Waals surface area contributed by atoms with Crippen LogP contribution in [0.2, 0.25) is 0 Å². The highest BCUT2D eigenvalue weighted by molar-refractivity contribution is 9.10. The Balaban J connectivity index is 2.13. The number of hydrogen-bond donors (Lipinski definition) is 0. The molecule has 2 heterocycles. The summed E-state index contributed by atoms with van der Waals surface area (Å²) in [4.78, 5) is 17.5. The lowest BCUT2D eigenvalue weighted by molar-refractivity contribution is 0.128. The molecule has 0 spiro atoms. The fourth-order valence-electron chi connectivity index (χ4n) is 1.63. The van der Waals surface area contributed by atoms with Crippen molar-refractivity contribution in [2.75, 3.05) is 6.54 Å². The van der Waals surface area contributed by atoms with Crippen LogP contribution in [-0.2, 0) is 4.74 Å². The van der Waals surface area contributed by atoms with Gasteiger partial charge >= 0.3 is 6.09 Å². The van der Waals surface area contributed by atoms with Gasteiger partial charge in [-0.1, -0.05) is 0 Å². The molecule has 0 unspecified atom stereocenters. The van der Waals surface area contributed by atoms with E-state index in [1.807, 2.05) is 26.0 Å². The first kappa shape index (κ1) is 11.4. The molecule has 0 bridgehead atoms. The summed E-state index contributed by atoms with van der Waals surface area (Å²) in [6.07, 6.45) is 1.20. The fourth-order valence-corrected chi connectivity index (χ4v) is 1.87. The first-order chi connectivity index (χ1) is 7.58. The molecule has 1 atom stereocenters. The second-order valence-electron chi connectivity index (χ2n) is 4.02. The standard InChI is InChI=1S/C11H13BrN2O2/c1-7(2)14-6-10(16-11(14)15)9-4-3-8(12)5-13-9/h3-5,7,10H,6H2,1-2H3/t10-/m0/s1. The number of aromatic nitrogens is 1. The predicted octanol–water partition coefficient (Wildman–Crippen LogP) is 2.75. The smallest absolute Gasteiger partial charge is 0.410 e. The van der Waals surface area contributed by atoms with Crippen molar-refractivity contribution < 1.29 is 9.53 Å². The Morgan fingerprint density at radius 2 is 2.31 bits per heavy atom. The molecular weight excluding hydrogens is 272 g/mol. The molecule has 0 N–H and O–H groups in total. The van der Waals surface area contributed by atoms with Gasteiger partial charge in [0, 0.05) is 16.7 Å². The lowest BCUT2D eigenvalue weighted by Crippen LogP contribution is -2.31. The average molecular weight is 285 g/mol. The van der Waals surface area contributed by atoms with Crippen LogP contribution >= 0.6 is 15.9 Å². The van der Waals surface area contributed by atoms with Gasteiger partial charge in [0.15, 0.2) is 6.10 Å². The van der Waals surface area contributed by atoms with E-state index in [0.29, 0.717) is 6.54 Å². The molecule has 0 radical (unpaired) electrons. The summed E-state index contributed by atoms with van der Waals surface area (Å²) in [5.74, 6) is 0. The molecule has 1 aromatic rings. The summed E-state index contributed by atoms with van der Waals surface area (Å²) in [7, 11) is 0. The number of hydrogen-bond acceptors (Lipinski definition) is 3. The van der Waals surface area contributed by atoms with Crippen molar-refractivity contribution in [1.29, 1.82) is 0 Å². The van der Waals surface area contributed by atoms with Crippen LogP contribution in [0.25, 0.3) is 0 Å². The number of pyridine rings is 1. The lowest BCUT2D eigenvalue weighted by Gasteiger charge is -2.16. The zero-order chi connectivity index (χ0) is 11.7. The molecule has 1 saturated heterocycles. The molecule has 16 heavy (non-hydrogen) atoms. The number of halogens is 1. The van der Waals surface area contributed by atoms with Crippen molar-refractivity contribution in [3.63, 3.8) is 0 Å². The third kappa shape index (κ3) is 2.19. The van der Waals surface area contributed by atoms with Gasteiger partial charge in [-0.3, -0.25) is 4.98 Å². The van der Waals surface area contributed by atoms with Gasteiger partial charge < -0.3 is 9.64 Å². The van der Waals surface area contributed by atoms with E-state index in [0.717, 1.165) is 10.2 Å². The van der Waals surface area contributed by atoms with Crippen molar-refractivity contribution in [2.24, 2.45) is 0 Å². The summed E-state index contributed by atoms with van der Waals surface area (Å²) >= 11 is 3.32. The van der Waals surface area contributed by atoms with Gasteiger partial charge in [0.2, 0.25) is 0 Å². The first-order valence-corrected chi connectivity index (χ1v) is 5.96. The molecule has 5 heteroatoms. The zero-order valence-corrected chi connectivity index (χ0v) is 10.8. The number of nitrogens with zero attached hydrogens (tertiary/aromatic N) is 2. The largest absolute Gasteiger partial charge is 0.438 e. The number of ether oxygens (including phenoxy) is 1. The fraction of sp³-hybridized carbons (Fsp3) is 0.455. The molecule has 1 aliphatic heterocycles. The third-order valence-corrected chi connectivity index (χ3v) is 3.01. The average Bonchev–Trinajstić information content (AvgIpc) is 2.61. The Morgan fingerprint density at radius 3 is 2.81 bits per heavy atom. The van der Waals surface area contributed by atoms with E-state index >= 15 is 0 Å². The van der Waals surface area contributed by atoms with Gasteiger partial charge in [0.25, 0.3) is 0 Å². The minimum Gasteiger partial charge on any atom is -0.438 e. The molecule has 86 valence electrons.